The highest BCUT2D eigenvalue weighted by Crippen LogP contribution is 2.35. The number of aryl methyl sites for hydroxylation is 3. The van der Waals surface area contributed by atoms with Crippen molar-refractivity contribution in [2.75, 3.05) is 6.54 Å². The molecule has 6 heterocycles. The molecule has 1 atom stereocenters. The van der Waals surface area contributed by atoms with E-state index >= 15 is 0 Å². The second-order valence-electron chi connectivity index (χ2n) is 11.1. The third kappa shape index (κ3) is 5.08. The van der Waals surface area contributed by atoms with Crippen molar-refractivity contribution in [2.45, 2.75) is 70.9 Å². The van der Waals surface area contributed by atoms with Crippen molar-refractivity contribution >= 4 is 22.9 Å². The molecule has 1 N–H and O–H groups in total. The number of aromatic nitrogens is 2. The molecule has 6 nitrogen and oxygen atoms in total. The number of nitrogens with zero attached hydrogens (tertiary/aromatic N) is 3. The zero-order valence-electron chi connectivity index (χ0n) is 22.5. The number of carboxylic acid groups (broad SMARTS) is 1. The van der Waals surface area contributed by atoms with Crippen molar-refractivity contribution in [3.63, 3.8) is 0 Å². The first-order chi connectivity index (χ1) is 19.0. The molecule has 0 saturated heterocycles. The highest BCUT2D eigenvalue weighted by atomic mass is 16.4. The summed E-state index contributed by atoms with van der Waals surface area (Å²) < 4.78 is 2.23. The van der Waals surface area contributed by atoms with Gasteiger partial charge in [-0.25, -0.2) is 4.98 Å². The SMILES string of the molecule is Cc1c2ccc3c1ncn3CCCCCCc1ccc(cc1)C(=O)N1CCc3ccc(cc3C1)C2CC(=O)O. The second kappa shape index (κ2) is 10.7. The van der Waals surface area contributed by atoms with Gasteiger partial charge in [-0.3, -0.25) is 9.59 Å². The Balaban J connectivity index is 1.41. The largest absolute Gasteiger partial charge is 0.481 e. The average molecular weight is 522 g/mol. The molecular weight excluding hydrogens is 486 g/mol. The van der Waals surface area contributed by atoms with Crippen LogP contribution in [0.2, 0.25) is 0 Å². The van der Waals surface area contributed by atoms with E-state index < -0.39 is 5.97 Å². The van der Waals surface area contributed by atoms with Gasteiger partial charge in [0.25, 0.3) is 5.91 Å². The number of carbonyl (C=O) groups excluding carboxylic acids is 1. The van der Waals surface area contributed by atoms with E-state index in [-0.39, 0.29) is 18.2 Å². The van der Waals surface area contributed by atoms with Crippen LogP contribution in [0.4, 0.5) is 0 Å². The highest BCUT2D eigenvalue weighted by molar-refractivity contribution is 5.94. The molecule has 1 aromatic heterocycles. The molecule has 0 spiro atoms. The lowest BCUT2D eigenvalue weighted by Crippen LogP contribution is -2.36. The number of hydrogen-bond donors (Lipinski definition) is 1. The Bertz CT molecular complexity index is 1540. The maximum atomic E-state index is 13.4. The van der Waals surface area contributed by atoms with Crippen molar-refractivity contribution in [3.8, 4) is 0 Å². The molecule has 1 amide bonds. The van der Waals surface area contributed by atoms with Gasteiger partial charge in [-0.1, -0.05) is 49.2 Å². The zero-order valence-corrected chi connectivity index (χ0v) is 22.5. The lowest BCUT2D eigenvalue weighted by molar-refractivity contribution is -0.137. The van der Waals surface area contributed by atoms with E-state index in [0.717, 1.165) is 77.5 Å². The van der Waals surface area contributed by atoms with E-state index in [2.05, 4.69) is 54.0 Å². The molecule has 0 saturated carbocycles. The van der Waals surface area contributed by atoms with Gasteiger partial charge in [0.2, 0.25) is 0 Å². The second-order valence-corrected chi connectivity index (χ2v) is 11.1. The van der Waals surface area contributed by atoms with Crippen LogP contribution in [-0.4, -0.2) is 38.0 Å². The van der Waals surface area contributed by atoms with Crippen LogP contribution in [0.3, 0.4) is 0 Å². The van der Waals surface area contributed by atoms with Crippen molar-refractivity contribution in [1.82, 2.24) is 14.5 Å². The average Bonchev–Trinajstić information content (AvgIpc) is 3.36. The Morgan fingerprint density at radius 3 is 2.59 bits per heavy atom. The van der Waals surface area contributed by atoms with E-state index in [0.29, 0.717) is 13.1 Å². The minimum absolute atomic E-state index is 0.000829. The number of benzene rings is 3. The van der Waals surface area contributed by atoms with Gasteiger partial charge in [0.15, 0.2) is 0 Å². The van der Waals surface area contributed by atoms with Crippen molar-refractivity contribution in [1.29, 1.82) is 0 Å². The molecule has 9 rings (SSSR count). The van der Waals surface area contributed by atoms with E-state index in [4.69, 9.17) is 4.98 Å². The maximum Gasteiger partial charge on any atom is 0.304 e. The fourth-order valence-electron chi connectivity index (χ4n) is 6.35. The van der Waals surface area contributed by atoms with Gasteiger partial charge in [0, 0.05) is 31.1 Å². The van der Waals surface area contributed by atoms with Crippen molar-refractivity contribution < 1.29 is 14.7 Å². The third-order valence-corrected chi connectivity index (χ3v) is 8.59. The van der Waals surface area contributed by atoms with Crippen LogP contribution in [0.15, 0.2) is 60.9 Å². The smallest absolute Gasteiger partial charge is 0.304 e. The molecule has 5 aliphatic rings. The van der Waals surface area contributed by atoms with Gasteiger partial charge < -0.3 is 14.6 Å². The van der Waals surface area contributed by atoms with Crippen LogP contribution >= 0.6 is 0 Å². The highest BCUT2D eigenvalue weighted by Gasteiger charge is 2.26. The van der Waals surface area contributed by atoms with Crippen LogP contribution in [0, 0.1) is 6.92 Å². The summed E-state index contributed by atoms with van der Waals surface area (Å²) in [5, 5.41) is 9.87. The van der Waals surface area contributed by atoms with Crippen LogP contribution < -0.4 is 0 Å². The first-order valence-corrected chi connectivity index (χ1v) is 14.1. The number of amides is 1. The molecule has 3 aromatic carbocycles. The van der Waals surface area contributed by atoms with E-state index in [9.17, 15) is 14.7 Å². The Labute approximate surface area is 229 Å². The van der Waals surface area contributed by atoms with Crippen LogP contribution in [0.5, 0.6) is 0 Å². The lowest BCUT2D eigenvalue weighted by atomic mass is 9.83. The molecule has 9 bridgehead atoms. The van der Waals surface area contributed by atoms with Gasteiger partial charge in [-0.15, -0.1) is 0 Å². The molecular formula is C33H35N3O3. The van der Waals surface area contributed by atoms with Gasteiger partial charge in [0.05, 0.1) is 23.8 Å². The fraction of sp³-hybridized carbons (Fsp3) is 0.364. The molecule has 200 valence electrons. The van der Waals surface area contributed by atoms with Gasteiger partial charge in [0.1, 0.15) is 0 Å². The minimum atomic E-state index is -0.829. The topological polar surface area (TPSA) is 75.4 Å². The quantitative estimate of drug-likeness (QED) is 0.338. The Morgan fingerprint density at radius 1 is 0.949 bits per heavy atom. The van der Waals surface area contributed by atoms with Gasteiger partial charge in [-0.2, -0.15) is 0 Å². The van der Waals surface area contributed by atoms with Crippen LogP contribution in [-0.2, 0) is 30.7 Å². The Morgan fingerprint density at radius 2 is 1.77 bits per heavy atom. The van der Waals surface area contributed by atoms with E-state index in [1.807, 2.05) is 23.4 Å². The summed E-state index contributed by atoms with van der Waals surface area (Å²) in [6.07, 6.45) is 8.30. The molecule has 0 radical (unpaired) electrons. The van der Waals surface area contributed by atoms with Crippen LogP contribution in [0.25, 0.3) is 11.0 Å². The van der Waals surface area contributed by atoms with E-state index in [1.165, 1.54) is 17.5 Å². The Hall–Kier alpha value is -3.93. The zero-order chi connectivity index (χ0) is 26.9. The molecule has 1 unspecified atom stereocenters. The predicted molar refractivity (Wildman–Crippen MR) is 152 cm³/mol. The summed E-state index contributed by atoms with van der Waals surface area (Å²) in [7, 11) is 0. The predicted octanol–water partition coefficient (Wildman–Crippen LogP) is 6.27. The number of imidazole rings is 1. The fourth-order valence-corrected chi connectivity index (χ4v) is 6.35. The first kappa shape index (κ1) is 25.4. The summed E-state index contributed by atoms with van der Waals surface area (Å²) in [5.41, 5.74) is 9.40. The van der Waals surface area contributed by atoms with Crippen molar-refractivity contribution in [2.24, 2.45) is 0 Å². The number of carbonyl (C=O) groups is 2. The minimum Gasteiger partial charge on any atom is -0.481 e. The summed E-state index contributed by atoms with van der Waals surface area (Å²) in [4.78, 5) is 32.1. The molecule has 6 heteroatoms. The summed E-state index contributed by atoms with van der Waals surface area (Å²) in [6.45, 7) is 4.20. The van der Waals surface area contributed by atoms with Crippen LogP contribution in [0.1, 0.15) is 81.8 Å². The monoisotopic (exact) mass is 521 g/mol. The van der Waals surface area contributed by atoms with E-state index in [1.54, 1.807) is 0 Å². The van der Waals surface area contributed by atoms with Crippen molar-refractivity contribution in [3.05, 3.63) is 99.9 Å². The Kier molecular flexibility index (Phi) is 6.94. The summed E-state index contributed by atoms with van der Waals surface area (Å²) >= 11 is 0. The molecule has 5 aliphatic heterocycles. The lowest BCUT2D eigenvalue weighted by Gasteiger charge is -2.30. The summed E-state index contributed by atoms with van der Waals surface area (Å²) in [6, 6.07) is 18.6. The maximum absolute atomic E-state index is 13.4. The standard InChI is InChI=1S/C33H35N3O3/c1-22-28-13-14-30-32(22)34-21-36(30)16-5-3-2-4-6-23-7-9-25(10-8-23)33(39)35-17-15-24-11-12-26(18-27(24)20-35)29(28)19-31(37)38/h7-14,18,21,29H,2-6,15-17,19-20H2,1H3,(H,37,38). The van der Waals surface area contributed by atoms with Gasteiger partial charge >= 0.3 is 5.97 Å². The number of hydrogen-bond acceptors (Lipinski definition) is 3. The molecule has 0 fully saturated rings. The first-order valence-electron chi connectivity index (χ1n) is 14.1. The third-order valence-electron chi connectivity index (χ3n) is 8.59. The molecule has 4 aromatic rings. The molecule has 0 aliphatic carbocycles. The number of carboxylic acids is 1. The number of rotatable bonds is 2. The number of aliphatic carboxylic acids is 1. The normalized spacial score (nSPS) is 18.0. The van der Waals surface area contributed by atoms with Gasteiger partial charge in [-0.05, 0) is 84.2 Å². The molecule has 39 heavy (non-hydrogen) atoms. The summed E-state index contributed by atoms with van der Waals surface area (Å²) in [5.74, 6) is -1.07.